The van der Waals surface area contributed by atoms with E-state index < -0.39 is 0 Å². The summed E-state index contributed by atoms with van der Waals surface area (Å²) in [4.78, 5) is 25.9. The van der Waals surface area contributed by atoms with Gasteiger partial charge >= 0.3 is 0 Å². The second-order valence-electron chi connectivity index (χ2n) is 5.10. The summed E-state index contributed by atoms with van der Waals surface area (Å²) >= 11 is 3.24. The molecule has 0 aliphatic carbocycles. The molecule has 1 heterocycles. The topological polar surface area (TPSA) is 34.1 Å². The Morgan fingerprint density at radius 1 is 0.696 bits per heavy atom. The van der Waals surface area contributed by atoms with Gasteiger partial charge in [0.25, 0.3) is 0 Å². The Bertz CT molecular complexity index is 675. The van der Waals surface area contributed by atoms with E-state index >= 15 is 0 Å². The van der Waals surface area contributed by atoms with Crippen molar-refractivity contribution in [2.75, 3.05) is 11.5 Å². The zero-order chi connectivity index (χ0) is 16.1. The average molecular weight is 340 g/mol. The molecule has 0 bridgehead atoms. The summed E-state index contributed by atoms with van der Waals surface area (Å²) in [6.45, 7) is 0. The van der Waals surface area contributed by atoms with E-state index in [-0.39, 0.29) is 11.6 Å². The number of Topliss-reactive ketones (excluding diaryl/α,β-unsaturated/α-hetero) is 2. The molecular weight excluding hydrogens is 324 g/mol. The lowest BCUT2D eigenvalue weighted by atomic mass is 9.97. The van der Waals surface area contributed by atoms with Gasteiger partial charge in [0.2, 0.25) is 0 Å². The van der Waals surface area contributed by atoms with Crippen LogP contribution < -0.4 is 0 Å². The summed E-state index contributed by atoms with van der Waals surface area (Å²) in [5, 5.41) is 0. The van der Waals surface area contributed by atoms with Crippen LogP contribution in [0.5, 0.6) is 0 Å². The molecule has 1 aliphatic rings. The molecule has 0 aromatic heterocycles. The Labute approximate surface area is 144 Å². The van der Waals surface area contributed by atoms with Crippen LogP contribution in [0.2, 0.25) is 0 Å². The van der Waals surface area contributed by atoms with Crippen LogP contribution in [0.15, 0.2) is 70.5 Å². The van der Waals surface area contributed by atoms with Crippen LogP contribution in [0.3, 0.4) is 0 Å². The van der Waals surface area contributed by atoms with E-state index in [9.17, 15) is 9.59 Å². The third kappa shape index (κ3) is 3.77. The molecule has 0 unspecified atom stereocenters. The number of hydrogen-bond donors (Lipinski definition) is 0. The predicted octanol–water partition coefficient (Wildman–Crippen LogP) is 4.83. The Morgan fingerprint density at radius 2 is 1.13 bits per heavy atom. The maximum Gasteiger partial charge on any atom is 0.198 e. The van der Waals surface area contributed by atoms with Crippen LogP contribution in [0.25, 0.3) is 0 Å². The van der Waals surface area contributed by atoms with Crippen molar-refractivity contribution < 1.29 is 9.59 Å². The van der Waals surface area contributed by atoms with Gasteiger partial charge < -0.3 is 0 Å². The van der Waals surface area contributed by atoms with Crippen LogP contribution in [0.1, 0.15) is 27.1 Å². The smallest absolute Gasteiger partial charge is 0.198 e. The van der Waals surface area contributed by atoms with Crippen molar-refractivity contribution in [3.05, 3.63) is 81.6 Å². The monoisotopic (exact) mass is 340 g/mol. The number of benzene rings is 2. The van der Waals surface area contributed by atoms with Gasteiger partial charge in [0, 0.05) is 11.1 Å². The SMILES string of the molecule is O=C(C(C(=O)c1ccccc1)=C1SCCCS1)c1ccccc1. The molecule has 0 saturated carbocycles. The first-order valence-electron chi connectivity index (χ1n) is 7.47. The van der Waals surface area contributed by atoms with Gasteiger partial charge in [-0.1, -0.05) is 60.7 Å². The first kappa shape index (κ1) is 16.1. The zero-order valence-corrected chi connectivity index (χ0v) is 14.2. The van der Waals surface area contributed by atoms with E-state index in [4.69, 9.17) is 0 Å². The van der Waals surface area contributed by atoms with Crippen molar-refractivity contribution in [3.63, 3.8) is 0 Å². The molecule has 0 radical (unpaired) electrons. The Morgan fingerprint density at radius 3 is 1.57 bits per heavy atom. The molecule has 0 N–H and O–H groups in total. The Kier molecular flexibility index (Phi) is 5.36. The largest absolute Gasteiger partial charge is 0.288 e. The molecule has 2 aromatic rings. The fraction of sp³-hybridized carbons (Fsp3) is 0.158. The lowest BCUT2D eigenvalue weighted by Crippen LogP contribution is -2.16. The van der Waals surface area contributed by atoms with Gasteiger partial charge in [-0.2, -0.15) is 0 Å². The molecule has 4 heteroatoms. The predicted molar refractivity (Wildman–Crippen MR) is 98.1 cm³/mol. The average Bonchev–Trinajstić information content (AvgIpc) is 2.64. The van der Waals surface area contributed by atoms with Crippen LogP contribution >= 0.6 is 23.5 Å². The summed E-state index contributed by atoms with van der Waals surface area (Å²) in [7, 11) is 0. The van der Waals surface area contributed by atoms with Crippen LogP contribution in [-0.4, -0.2) is 23.1 Å². The number of carbonyl (C=O) groups is 2. The molecule has 23 heavy (non-hydrogen) atoms. The van der Waals surface area contributed by atoms with E-state index in [1.165, 1.54) is 0 Å². The third-order valence-electron chi connectivity index (χ3n) is 3.49. The van der Waals surface area contributed by atoms with E-state index in [1.54, 1.807) is 47.8 Å². The number of ketones is 2. The Hall–Kier alpha value is -1.78. The first-order chi connectivity index (χ1) is 11.3. The van der Waals surface area contributed by atoms with Crippen molar-refractivity contribution in [3.8, 4) is 0 Å². The summed E-state index contributed by atoms with van der Waals surface area (Å²) < 4.78 is 0.860. The quantitative estimate of drug-likeness (QED) is 0.345. The van der Waals surface area contributed by atoms with Gasteiger partial charge in [0.15, 0.2) is 11.6 Å². The number of carbonyl (C=O) groups excluding carboxylic acids is 2. The van der Waals surface area contributed by atoms with Gasteiger partial charge in [-0.25, -0.2) is 0 Å². The highest BCUT2D eigenvalue weighted by Crippen LogP contribution is 2.39. The fourth-order valence-electron chi connectivity index (χ4n) is 2.33. The van der Waals surface area contributed by atoms with E-state index in [0.29, 0.717) is 16.7 Å². The van der Waals surface area contributed by atoms with Gasteiger partial charge in [0.05, 0.1) is 9.81 Å². The zero-order valence-electron chi connectivity index (χ0n) is 12.5. The van der Waals surface area contributed by atoms with Crippen molar-refractivity contribution in [2.45, 2.75) is 6.42 Å². The van der Waals surface area contributed by atoms with Crippen molar-refractivity contribution in [2.24, 2.45) is 0 Å². The molecule has 3 rings (SSSR count). The summed E-state index contributed by atoms with van der Waals surface area (Å²) in [6.07, 6.45) is 1.10. The van der Waals surface area contributed by atoms with Crippen molar-refractivity contribution in [1.82, 2.24) is 0 Å². The number of rotatable bonds is 4. The molecular formula is C19H16O2S2. The second-order valence-corrected chi connectivity index (χ2v) is 7.57. The van der Waals surface area contributed by atoms with E-state index in [0.717, 1.165) is 22.2 Å². The second kappa shape index (κ2) is 7.66. The van der Waals surface area contributed by atoms with Crippen LogP contribution in [0.4, 0.5) is 0 Å². The maximum atomic E-state index is 13.0. The van der Waals surface area contributed by atoms with Gasteiger partial charge in [-0.05, 0) is 17.9 Å². The lowest BCUT2D eigenvalue weighted by Gasteiger charge is -2.17. The van der Waals surface area contributed by atoms with E-state index in [2.05, 4.69) is 0 Å². The minimum atomic E-state index is -0.184. The molecule has 0 spiro atoms. The highest BCUT2D eigenvalue weighted by Gasteiger charge is 2.27. The van der Waals surface area contributed by atoms with Gasteiger partial charge in [-0.15, -0.1) is 23.5 Å². The molecule has 1 saturated heterocycles. The van der Waals surface area contributed by atoms with Gasteiger partial charge in [-0.3, -0.25) is 9.59 Å². The molecule has 1 fully saturated rings. The summed E-state index contributed by atoms with van der Waals surface area (Å²) in [5.41, 5.74) is 1.44. The van der Waals surface area contributed by atoms with Gasteiger partial charge in [0.1, 0.15) is 0 Å². The molecule has 2 nitrogen and oxygen atoms in total. The third-order valence-corrected chi connectivity index (χ3v) is 6.11. The Balaban J connectivity index is 2.04. The normalized spacial score (nSPS) is 14.3. The first-order valence-corrected chi connectivity index (χ1v) is 9.44. The highest BCUT2D eigenvalue weighted by atomic mass is 32.2. The minimum absolute atomic E-state index is 0.184. The minimum Gasteiger partial charge on any atom is -0.288 e. The lowest BCUT2D eigenvalue weighted by molar-refractivity contribution is 0.0962. The number of hydrogen-bond acceptors (Lipinski definition) is 4. The number of thioether (sulfide) groups is 2. The van der Waals surface area contributed by atoms with Crippen molar-refractivity contribution >= 4 is 35.1 Å². The molecule has 0 atom stereocenters. The number of allylic oxidation sites excluding steroid dienone is 1. The molecule has 2 aromatic carbocycles. The van der Waals surface area contributed by atoms with Crippen LogP contribution in [0, 0.1) is 0 Å². The van der Waals surface area contributed by atoms with Crippen molar-refractivity contribution in [1.29, 1.82) is 0 Å². The van der Waals surface area contributed by atoms with E-state index in [1.807, 2.05) is 36.4 Å². The van der Waals surface area contributed by atoms with Crippen LogP contribution in [-0.2, 0) is 0 Å². The highest BCUT2D eigenvalue weighted by molar-refractivity contribution is 8.22. The summed E-state index contributed by atoms with van der Waals surface area (Å²) in [6, 6.07) is 18.1. The standard InChI is InChI=1S/C19H16O2S2/c20-17(14-8-3-1-4-9-14)16(19-22-12-7-13-23-19)18(21)15-10-5-2-6-11-15/h1-6,8-11H,7,12-13H2. The maximum absolute atomic E-state index is 13.0. The molecule has 0 amide bonds. The summed E-state index contributed by atoms with van der Waals surface area (Å²) in [5.74, 6) is 1.54. The molecule has 1 aliphatic heterocycles. The fourth-order valence-corrected chi connectivity index (χ4v) is 4.95. The molecule has 116 valence electrons.